The Morgan fingerprint density at radius 3 is 2.44 bits per heavy atom. The predicted molar refractivity (Wildman–Crippen MR) is 75.1 cm³/mol. The Balaban J connectivity index is 2.13. The van der Waals surface area contributed by atoms with Crippen molar-refractivity contribution in [3.63, 3.8) is 0 Å². The Labute approximate surface area is 108 Å². The van der Waals surface area contributed by atoms with Crippen molar-refractivity contribution in [1.82, 2.24) is 9.97 Å². The molecule has 94 valence electrons. The molecule has 1 saturated heterocycles. The lowest BCUT2D eigenvalue weighted by Gasteiger charge is -2.28. The van der Waals surface area contributed by atoms with Gasteiger partial charge in [-0.1, -0.05) is 0 Å². The number of fused-ring (bicyclic) bond motifs is 1. The fraction of sp³-hybridized carbons (Fsp3) is 0.467. The van der Waals surface area contributed by atoms with Crippen LogP contribution in [-0.4, -0.2) is 23.1 Å². The van der Waals surface area contributed by atoms with Crippen LogP contribution in [0, 0.1) is 13.8 Å². The fourth-order valence-electron chi connectivity index (χ4n) is 2.66. The summed E-state index contributed by atoms with van der Waals surface area (Å²) in [5.41, 5.74) is 3.68. The smallest absolute Gasteiger partial charge is 0.139 e. The molecule has 1 aliphatic heterocycles. The molecule has 0 unspecified atom stereocenters. The van der Waals surface area contributed by atoms with Gasteiger partial charge in [0.1, 0.15) is 12.1 Å². The number of anilines is 1. The average Bonchev–Trinajstić information content (AvgIpc) is 2.40. The maximum absolute atomic E-state index is 4.52. The third-order valence-corrected chi connectivity index (χ3v) is 3.89. The van der Waals surface area contributed by atoms with Gasteiger partial charge in [-0.05, 0) is 56.4 Å². The Morgan fingerprint density at radius 1 is 0.944 bits per heavy atom. The van der Waals surface area contributed by atoms with E-state index in [0.717, 1.165) is 24.4 Å². The van der Waals surface area contributed by atoms with E-state index in [1.807, 2.05) is 0 Å². The van der Waals surface area contributed by atoms with Crippen LogP contribution in [-0.2, 0) is 0 Å². The van der Waals surface area contributed by atoms with E-state index in [1.165, 1.54) is 35.8 Å². The predicted octanol–water partition coefficient (Wildman–Crippen LogP) is 3.24. The lowest BCUT2D eigenvalue weighted by molar-refractivity contribution is 0.574. The topological polar surface area (TPSA) is 29.0 Å². The van der Waals surface area contributed by atoms with Crippen molar-refractivity contribution >= 4 is 16.7 Å². The highest BCUT2D eigenvalue weighted by atomic mass is 15.2. The number of piperidine rings is 1. The molecule has 18 heavy (non-hydrogen) atoms. The van der Waals surface area contributed by atoms with E-state index in [-0.39, 0.29) is 0 Å². The SMILES string of the molecule is Cc1cc2ncnc(N3CCCCC3)c2cc1C. The van der Waals surface area contributed by atoms with Gasteiger partial charge < -0.3 is 4.90 Å². The van der Waals surface area contributed by atoms with Crippen molar-refractivity contribution in [3.05, 3.63) is 29.6 Å². The van der Waals surface area contributed by atoms with Gasteiger partial charge in [-0.25, -0.2) is 9.97 Å². The summed E-state index contributed by atoms with van der Waals surface area (Å²) in [5, 5.41) is 1.20. The molecule has 0 saturated carbocycles. The Kier molecular flexibility index (Phi) is 2.90. The van der Waals surface area contributed by atoms with Crippen LogP contribution in [0.25, 0.3) is 10.9 Å². The summed E-state index contributed by atoms with van der Waals surface area (Å²) in [7, 11) is 0. The number of rotatable bonds is 1. The first-order chi connectivity index (χ1) is 8.75. The number of benzene rings is 1. The number of nitrogens with zero attached hydrogens (tertiary/aromatic N) is 3. The van der Waals surface area contributed by atoms with Crippen molar-refractivity contribution in [1.29, 1.82) is 0 Å². The second-order valence-electron chi connectivity index (χ2n) is 5.20. The molecule has 0 spiro atoms. The second kappa shape index (κ2) is 4.56. The van der Waals surface area contributed by atoms with E-state index in [9.17, 15) is 0 Å². The van der Waals surface area contributed by atoms with Gasteiger partial charge in [0.2, 0.25) is 0 Å². The molecule has 2 heterocycles. The summed E-state index contributed by atoms with van der Waals surface area (Å²) >= 11 is 0. The van der Waals surface area contributed by atoms with Gasteiger partial charge in [-0.15, -0.1) is 0 Å². The van der Waals surface area contributed by atoms with Crippen molar-refractivity contribution in [3.8, 4) is 0 Å². The summed E-state index contributed by atoms with van der Waals surface area (Å²) in [6.07, 6.45) is 5.59. The molecule has 1 aliphatic rings. The number of aromatic nitrogens is 2. The highest BCUT2D eigenvalue weighted by Gasteiger charge is 2.15. The molecular formula is C15H19N3. The molecule has 1 aromatic carbocycles. The monoisotopic (exact) mass is 241 g/mol. The third-order valence-electron chi connectivity index (χ3n) is 3.89. The Hall–Kier alpha value is -1.64. The van der Waals surface area contributed by atoms with Crippen LogP contribution < -0.4 is 4.90 Å². The quantitative estimate of drug-likeness (QED) is 0.767. The normalized spacial score (nSPS) is 16.2. The van der Waals surface area contributed by atoms with Crippen LogP contribution in [0.5, 0.6) is 0 Å². The van der Waals surface area contributed by atoms with Crippen LogP contribution in [0.15, 0.2) is 18.5 Å². The van der Waals surface area contributed by atoms with Crippen LogP contribution in [0.1, 0.15) is 30.4 Å². The van der Waals surface area contributed by atoms with E-state index >= 15 is 0 Å². The van der Waals surface area contributed by atoms with E-state index < -0.39 is 0 Å². The summed E-state index contributed by atoms with van der Waals surface area (Å²) in [4.78, 5) is 11.3. The van der Waals surface area contributed by atoms with Gasteiger partial charge in [0.25, 0.3) is 0 Å². The lowest BCUT2D eigenvalue weighted by Crippen LogP contribution is -2.30. The molecule has 0 aliphatic carbocycles. The van der Waals surface area contributed by atoms with Gasteiger partial charge in [-0.3, -0.25) is 0 Å². The first-order valence-corrected chi connectivity index (χ1v) is 6.72. The molecule has 1 fully saturated rings. The number of aryl methyl sites for hydroxylation is 2. The van der Waals surface area contributed by atoms with E-state index in [0.29, 0.717) is 0 Å². The minimum atomic E-state index is 1.06. The minimum Gasteiger partial charge on any atom is -0.356 e. The van der Waals surface area contributed by atoms with E-state index in [2.05, 4.69) is 40.8 Å². The number of hydrogen-bond acceptors (Lipinski definition) is 3. The van der Waals surface area contributed by atoms with Gasteiger partial charge in [0.15, 0.2) is 0 Å². The molecule has 3 nitrogen and oxygen atoms in total. The molecule has 3 heteroatoms. The molecule has 0 N–H and O–H groups in total. The second-order valence-corrected chi connectivity index (χ2v) is 5.20. The van der Waals surface area contributed by atoms with Gasteiger partial charge in [0.05, 0.1) is 5.52 Å². The van der Waals surface area contributed by atoms with E-state index in [1.54, 1.807) is 6.33 Å². The first kappa shape index (κ1) is 11.5. The van der Waals surface area contributed by atoms with Crippen LogP contribution in [0.4, 0.5) is 5.82 Å². The zero-order chi connectivity index (χ0) is 12.5. The van der Waals surface area contributed by atoms with Crippen LogP contribution >= 0.6 is 0 Å². The standard InChI is InChI=1S/C15H19N3/c1-11-8-13-14(9-12(11)2)16-10-17-15(13)18-6-4-3-5-7-18/h8-10H,3-7H2,1-2H3. The Morgan fingerprint density at radius 2 is 1.67 bits per heavy atom. The van der Waals surface area contributed by atoms with Crippen LogP contribution in [0.2, 0.25) is 0 Å². The summed E-state index contributed by atoms with van der Waals surface area (Å²) < 4.78 is 0. The molecule has 2 aromatic rings. The average molecular weight is 241 g/mol. The van der Waals surface area contributed by atoms with Crippen molar-refractivity contribution in [2.45, 2.75) is 33.1 Å². The number of hydrogen-bond donors (Lipinski definition) is 0. The summed E-state index contributed by atoms with van der Waals surface area (Å²) in [5.74, 6) is 1.11. The maximum Gasteiger partial charge on any atom is 0.139 e. The van der Waals surface area contributed by atoms with Crippen molar-refractivity contribution in [2.24, 2.45) is 0 Å². The molecular weight excluding hydrogens is 222 g/mol. The minimum absolute atomic E-state index is 1.06. The van der Waals surface area contributed by atoms with Crippen LogP contribution in [0.3, 0.4) is 0 Å². The van der Waals surface area contributed by atoms with Gasteiger partial charge in [0, 0.05) is 18.5 Å². The third kappa shape index (κ3) is 1.94. The molecule has 0 amide bonds. The zero-order valence-electron chi connectivity index (χ0n) is 11.1. The summed E-state index contributed by atoms with van der Waals surface area (Å²) in [6, 6.07) is 4.40. The highest BCUT2D eigenvalue weighted by molar-refractivity contribution is 5.90. The highest BCUT2D eigenvalue weighted by Crippen LogP contribution is 2.27. The van der Waals surface area contributed by atoms with Crippen molar-refractivity contribution < 1.29 is 0 Å². The lowest BCUT2D eigenvalue weighted by atomic mass is 10.1. The molecule has 0 atom stereocenters. The molecule has 3 rings (SSSR count). The van der Waals surface area contributed by atoms with Gasteiger partial charge >= 0.3 is 0 Å². The fourth-order valence-corrected chi connectivity index (χ4v) is 2.66. The maximum atomic E-state index is 4.52. The molecule has 1 aromatic heterocycles. The summed E-state index contributed by atoms with van der Waals surface area (Å²) in [6.45, 7) is 6.54. The Bertz CT molecular complexity index is 571. The largest absolute Gasteiger partial charge is 0.356 e. The van der Waals surface area contributed by atoms with Gasteiger partial charge in [-0.2, -0.15) is 0 Å². The van der Waals surface area contributed by atoms with Crippen molar-refractivity contribution in [2.75, 3.05) is 18.0 Å². The first-order valence-electron chi connectivity index (χ1n) is 6.72. The zero-order valence-corrected chi connectivity index (χ0v) is 11.1. The molecule has 0 radical (unpaired) electrons. The molecule has 0 bridgehead atoms. The van der Waals surface area contributed by atoms with E-state index in [4.69, 9.17) is 0 Å².